The number of fused-ring (bicyclic) bond motifs is 1. The van der Waals surface area contributed by atoms with Gasteiger partial charge >= 0.3 is 0 Å². The summed E-state index contributed by atoms with van der Waals surface area (Å²) in [5, 5.41) is 6.00. The summed E-state index contributed by atoms with van der Waals surface area (Å²) in [5.74, 6) is 1.43. The van der Waals surface area contributed by atoms with Gasteiger partial charge in [-0.25, -0.2) is 4.98 Å². The quantitative estimate of drug-likeness (QED) is 0.293. The van der Waals surface area contributed by atoms with Gasteiger partial charge in [0.2, 0.25) is 0 Å². The monoisotopic (exact) mass is 577 g/mol. The fourth-order valence-electron chi connectivity index (χ4n) is 3.04. The van der Waals surface area contributed by atoms with Crippen molar-refractivity contribution < 1.29 is 19.0 Å². The summed E-state index contributed by atoms with van der Waals surface area (Å²) >= 11 is 8.33. The Balaban J connectivity index is 1.45. The highest BCUT2D eigenvalue weighted by Crippen LogP contribution is 2.37. The Labute approximate surface area is 205 Å². The van der Waals surface area contributed by atoms with Crippen molar-refractivity contribution in [2.45, 2.75) is 0 Å². The van der Waals surface area contributed by atoms with E-state index in [0.717, 1.165) is 21.1 Å². The smallest absolute Gasteiger partial charge is 0.264 e. The lowest BCUT2D eigenvalue weighted by Crippen LogP contribution is -2.20. The molecule has 4 aromatic rings. The standard InChI is InChI=1S/C22H17Br2N3O4S/c1-29-17-6-5-12(8-18(17)30-2)16-11-32-22(26-16)27-19(28)10-31-21-15(24)9-14(23)13-4-3-7-25-20(13)21/h3-9,11H,10H2,1-2H3,(H,26,27,28). The van der Waals surface area contributed by atoms with Crippen LogP contribution in [0.5, 0.6) is 17.2 Å². The number of benzene rings is 2. The van der Waals surface area contributed by atoms with Gasteiger partial charge in [0.05, 0.1) is 24.4 Å². The van der Waals surface area contributed by atoms with Gasteiger partial charge in [-0.05, 0) is 46.3 Å². The van der Waals surface area contributed by atoms with Crippen LogP contribution in [0.3, 0.4) is 0 Å². The van der Waals surface area contributed by atoms with Crippen molar-refractivity contribution in [1.29, 1.82) is 0 Å². The first-order chi connectivity index (χ1) is 15.5. The zero-order valence-corrected chi connectivity index (χ0v) is 21.0. The fourth-order valence-corrected chi connectivity index (χ4v) is 5.16. The molecule has 4 rings (SSSR count). The van der Waals surface area contributed by atoms with E-state index in [1.807, 2.05) is 41.8 Å². The highest BCUT2D eigenvalue weighted by Gasteiger charge is 2.15. The van der Waals surface area contributed by atoms with Gasteiger partial charge in [0, 0.05) is 27.0 Å². The first-order valence-electron chi connectivity index (χ1n) is 9.33. The Morgan fingerprint density at radius 1 is 1.09 bits per heavy atom. The van der Waals surface area contributed by atoms with Gasteiger partial charge in [-0.15, -0.1) is 11.3 Å². The Hall–Kier alpha value is -2.69. The molecule has 0 aliphatic carbocycles. The minimum absolute atomic E-state index is 0.183. The molecule has 0 radical (unpaired) electrons. The van der Waals surface area contributed by atoms with E-state index in [1.54, 1.807) is 20.4 Å². The molecule has 1 amide bonds. The van der Waals surface area contributed by atoms with Crippen molar-refractivity contribution in [3.8, 4) is 28.5 Å². The molecule has 0 unspecified atom stereocenters. The van der Waals surface area contributed by atoms with Crippen molar-refractivity contribution in [2.75, 3.05) is 26.1 Å². The lowest BCUT2D eigenvalue weighted by molar-refractivity contribution is -0.118. The van der Waals surface area contributed by atoms with E-state index in [4.69, 9.17) is 14.2 Å². The average Bonchev–Trinajstić information content (AvgIpc) is 3.26. The molecule has 0 aliphatic rings. The van der Waals surface area contributed by atoms with Gasteiger partial charge < -0.3 is 14.2 Å². The minimum atomic E-state index is -0.322. The molecule has 0 fully saturated rings. The Morgan fingerprint density at radius 2 is 1.91 bits per heavy atom. The second kappa shape index (κ2) is 9.85. The molecule has 0 saturated heterocycles. The van der Waals surface area contributed by atoms with Crippen molar-refractivity contribution in [3.05, 3.63) is 56.9 Å². The number of rotatable bonds is 7. The molecule has 164 valence electrons. The van der Waals surface area contributed by atoms with Gasteiger partial charge in [-0.3, -0.25) is 15.1 Å². The third-order valence-electron chi connectivity index (χ3n) is 4.53. The average molecular weight is 579 g/mol. The molecule has 0 spiro atoms. The molecule has 10 heteroatoms. The number of thiazole rings is 1. The van der Waals surface area contributed by atoms with Crippen LogP contribution in [0.4, 0.5) is 5.13 Å². The van der Waals surface area contributed by atoms with Crippen LogP contribution in [0, 0.1) is 0 Å². The van der Waals surface area contributed by atoms with Gasteiger partial charge in [0.1, 0.15) is 5.52 Å². The second-order valence-corrected chi connectivity index (χ2v) is 9.08. The van der Waals surface area contributed by atoms with Crippen molar-refractivity contribution in [3.63, 3.8) is 0 Å². The van der Waals surface area contributed by atoms with Crippen molar-refractivity contribution in [1.82, 2.24) is 9.97 Å². The van der Waals surface area contributed by atoms with Crippen LogP contribution in [0.1, 0.15) is 0 Å². The van der Waals surface area contributed by atoms with Crippen molar-refractivity contribution in [2.24, 2.45) is 0 Å². The van der Waals surface area contributed by atoms with Gasteiger partial charge in [0.15, 0.2) is 29.0 Å². The summed E-state index contributed by atoms with van der Waals surface area (Å²) in [6.07, 6.45) is 1.68. The van der Waals surface area contributed by atoms with E-state index in [0.29, 0.717) is 32.4 Å². The molecular weight excluding hydrogens is 562 g/mol. The maximum atomic E-state index is 12.5. The molecule has 2 heterocycles. The van der Waals surface area contributed by atoms with Crippen LogP contribution < -0.4 is 19.5 Å². The topological polar surface area (TPSA) is 82.6 Å². The van der Waals surface area contributed by atoms with E-state index in [-0.39, 0.29) is 12.5 Å². The van der Waals surface area contributed by atoms with E-state index in [1.165, 1.54) is 11.3 Å². The van der Waals surface area contributed by atoms with E-state index < -0.39 is 0 Å². The molecule has 0 aliphatic heterocycles. The third-order valence-corrected chi connectivity index (χ3v) is 6.53. The van der Waals surface area contributed by atoms with Crippen LogP contribution in [0.25, 0.3) is 22.2 Å². The summed E-state index contributed by atoms with van der Waals surface area (Å²) in [5.41, 5.74) is 2.23. The fraction of sp³-hybridized carbons (Fsp3) is 0.136. The van der Waals surface area contributed by atoms with Gasteiger partial charge in [-0.2, -0.15) is 0 Å². The number of nitrogens with one attached hydrogen (secondary N) is 1. The number of carbonyl (C=O) groups excluding carboxylic acids is 1. The van der Waals surface area contributed by atoms with Crippen molar-refractivity contribution >= 4 is 65.1 Å². The van der Waals surface area contributed by atoms with Gasteiger partial charge in [0.25, 0.3) is 5.91 Å². The predicted molar refractivity (Wildman–Crippen MR) is 132 cm³/mol. The highest BCUT2D eigenvalue weighted by atomic mass is 79.9. The van der Waals surface area contributed by atoms with Crippen LogP contribution in [-0.2, 0) is 4.79 Å². The summed E-state index contributed by atoms with van der Waals surface area (Å²) in [4.78, 5) is 21.4. The minimum Gasteiger partial charge on any atom is -0.493 e. The number of amides is 1. The lowest BCUT2D eigenvalue weighted by Gasteiger charge is -2.11. The first kappa shape index (κ1) is 22.5. The predicted octanol–water partition coefficient (Wildman–Crippen LogP) is 5.92. The number of ether oxygens (including phenoxy) is 3. The molecular formula is C22H17Br2N3O4S. The normalized spacial score (nSPS) is 10.8. The van der Waals surface area contributed by atoms with E-state index in [9.17, 15) is 4.79 Å². The molecule has 0 saturated carbocycles. The number of hydrogen-bond acceptors (Lipinski definition) is 7. The number of hydrogen-bond donors (Lipinski definition) is 1. The number of anilines is 1. The molecule has 2 aromatic heterocycles. The Bertz CT molecular complexity index is 1300. The second-order valence-electron chi connectivity index (χ2n) is 6.51. The van der Waals surface area contributed by atoms with E-state index in [2.05, 4.69) is 47.1 Å². The molecule has 1 N–H and O–H groups in total. The zero-order chi connectivity index (χ0) is 22.7. The maximum absolute atomic E-state index is 12.5. The van der Waals surface area contributed by atoms with Gasteiger partial charge in [-0.1, -0.05) is 22.0 Å². The summed E-state index contributed by atoms with van der Waals surface area (Å²) in [7, 11) is 3.17. The number of aromatic nitrogens is 2. The Morgan fingerprint density at radius 3 is 2.69 bits per heavy atom. The zero-order valence-electron chi connectivity index (χ0n) is 17.0. The summed E-state index contributed by atoms with van der Waals surface area (Å²) in [6, 6.07) is 11.2. The van der Waals surface area contributed by atoms with Crippen LogP contribution in [0.2, 0.25) is 0 Å². The van der Waals surface area contributed by atoms with E-state index >= 15 is 0 Å². The molecule has 0 atom stereocenters. The van der Waals surface area contributed by atoms with Crippen LogP contribution >= 0.6 is 43.2 Å². The number of pyridine rings is 1. The third kappa shape index (κ3) is 4.72. The number of halogens is 2. The summed E-state index contributed by atoms with van der Waals surface area (Å²) in [6.45, 7) is -0.183. The van der Waals surface area contributed by atoms with Crippen LogP contribution in [-0.4, -0.2) is 36.7 Å². The molecule has 0 bridgehead atoms. The molecule has 32 heavy (non-hydrogen) atoms. The number of carbonyl (C=O) groups is 1. The SMILES string of the molecule is COc1ccc(-c2csc(NC(=O)COc3c(Br)cc(Br)c4cccnc34)n2)cc1OC. The lowest BCUT2D eigenvalue weighted by atomic mass is 10.1. The number of methoxy groups -OCH3 is 2. The molecule has 2 aromatic carbocycles. The maximum Gasteiger partial charge on any atom is 0.264 e. The number of nitrogens with zero attached hydrogens (tertiary/aromatic N) is 2. The largest absolute Gasteiger partial charge is 0.493 e. The Kier molecular flexibility index (Phi) is 6.92. The first-order valence-corrected chi connectivity index (χ1v) is 11.8. The highest BCUT2D eigenvalue weighted by molar-refractivity contribution is 9.11. The van der Waals surface area contributed by atoms with Crippen LogP contribution in [0.15, 0.2) is 56.9 Å². The summed E-state index contributed by atoms with van der Waals surface area (Å²) < 4.78 is 18.0. The molecule has 7 nitrogen and oxygen atoms in total.